The average Bonchev–Trinajstić information content (AvgIpc) is 2.21. The molecular formula is C12H27NO. The van der Waals surface area contributed by atoms with Crippen molar-refractivity contribution in [3.8, 4) is 0 Å². The van der Waals surface area contributed by atoms with Crippen molar-refractivity contribution in [1.82, 2.24) is 5.32 Å². The molecule has 0 aromatic rings. The summed E-state index contributed by atoms with van der Waals surface area (Å²) in [5, 5.41) is 3.53. The molecule has 0 heterocycles. The Labute approximate surface area is 89.4 Å². The van der Waals surface area contributed by atoms with Gasteiger partial charge in [-0.1, -0.05) is 33.6 Å². The average molecular weight is 201 g/mol. The first-order chi connectivity index (χ1) is 6.79. The molecule has 2 unspecified atom stereocenters. The van der Waals surface area contributed by atoms with Crippen molar-refractivity contribution in [2.24, 2.45) is 0 Å². The number of ether oxygens (including phenoxy) is 1. The highest BCUT2D eigenvalue weighted by molar-refractivity contribution is 4.75. The summed E-state index contributed by atoms with van der Waals surface area (Å²) in [5.41, 5.74) is 0. The van der Waals surface area contributed by atoms with E-state index >= 15 is 0 Å². The van der Waals surface area contributed by atoms with Crippen LogP contribution in [0.4, 0.5) is 0 Å². The van der Waals surface area contributed by atoms with Crippen LogP contribution in [0.5, 0.6) is 0 Å². The van der Waals surface area contributed by atoms with Gasteiger partial charge in [0.1, 0.15) is 0 Å². The molecule has 14 heavy (non-hydrogen) atoms. The summed E-state index contributed by atoms with van der Waals surface area (Å²) < 4.78 is 5.74. The van der Waals surface area contributed by atoms with Gasteiger partial charge in [-0.3, -0.25) is 0 Å². The lowest BCUT2D eigenvalue weighted by Gasteiger charge is -2.26. The van der Waals surface area contributed by atoms with Gasteiger partial charge in [-0.25, -0.2) is 0 Å². The van der Waals surface area contributed by atoms with E-state index in [1.54, 1.807) is 0 Å². The largest absolute Gasteiger partial charge is 0.377 e. The fourth-order valence-corrected chi connectivity index (χ4v) is 1.84. The van der Waals surface area contributed by atoms with E-state index in [4.69, 9.17) is 4.74 Å². The third-order valence-corrected chi connectivity index (χ3v) is 2.57. The van der Waals surface area contributed by atoms with E-state index in [-0.39, 0.29) is 0 Å². The first-order valence-corrected chi connectivity index (χ1v) is 6.14. The summed E-state index contributed by atoms with van der Waals surface area (Å²) in [6.07, 6.45) is 5.30. The molecule has 0 spiro atoms. The monoisotopic (exact) mass is 201 g/mol. The molecule has 0 amide bonds. The maximum atomic E-state index is 5.74. The Morgan fingerprint density at radius 3 is 2.29 bits per heavy atom. The van der Waals surface area contributed by atoms with Crippen molar-refractivity contribution in [1.29, 1.82) is 0 Å². The second kappa shape index (κ2) is 9.47. The van der Waals surface area contributed by atoms with Gasteiger partial charge in [0.25, 0.3) is 0 Å². The zero-order valence-corrected chi connectivity index (χ0v) is 10.3. The van der Waals surface area contributed by atoms with Gasteiger partial charge in [-0.05, 0) is 26.3 Å². The van der Waals surface area contributed by atoms with Crippen LogP contribution in [0, 0.1) is 0 Å². The molecule has 0 rings (SSSR count). The number of nitrogens with one attached hydrogen (secondary N) is 1. The molecule has 0 radical (unpaired) electrons. The smallest absolute Gasteiger partial charge is 0.0725 e. The third kappa shape index (κ3) is 5.61. The molecule has 0 saturated carbocycles. The van der Waals surface area contributed by atoms with Crippen molar-refractivity contribution in [3.63, 3.8) is 0 Å². The van der Waals surface area contributed by atoms with Gasteiger partial charge in [-0.2, -0.15) is 0 Å². The van der Waals surface area contributed by atoms with Crippen LogP contribution in [0.1, 0.15) is 53.4 Å². The van der Waals surface area contributed by atoms with E-state index in [1.807, 2.05) is 0 Å². The highest BCUT2D eigenvalue weighted by Crippen LogP contribution is 2.11. The lowest BCUT2D eigenvalue weighted by molar-refractivity contribution is 0.0295. The Kier molecular flexibility index (Phi) is 9.42. The lowest BCUT2D eigenvalue weighted by Crippen LogP contribution is -2.41. The van der Waals surface area contributed by atoms with Crippen LogP contribution in [0.15, 0.2) is 0 Å². The van der Waals surface area contributed by atoms with Gasteiger partial charge in [0.15, 0.2) is 0 Å². The summed E-state index contributed by atoms with van der Waals surface area (Å²) >= 11 is 0. The maximum absolute atomic E-state index is 5.74. The van der Waals surface area contributed by atoms with E-state index in [2.05, 4.69) is 33.0 Å². The van der Waals surface area contributed by atoms with Crippen LogP contribution in [-0.2, 0) is 4.74 Å². The topological polar surface area (TPSA) is 21.3 Å². The fourth-order valence-electron chi connectivity index (χ4n) is 1.84. The third-order valence-electron chi connectivity index (χ3n) is 2.57. The number of hydrogen-bond acceptors (Lipinski definition) is 2. The summed E-state index contributed by atoms with van der Waals surface area (Å²) in [6, 6.07) is 0.546. The second-order valence-corrected chi connectivity index (χ2v) is 3.71. The van der Waals surface area contributed by atoms with Crippen molar-refractivity contribution in [2.45, 2.75) is 65.5 Å². The van der Waals surface area contributed by atoms with Gasteiger partial charge in [0.2, 0.25) is 0 Å². The molecule has 0 aliphatic rings. The Balaban J connectivity index is 3.97. The first-order valence-electron chi connectivity index (χ1n) is 6.14. The minimum atomic E-state index is 0.395. The van der Waals surface area contributed by atoms with Crippen LogP contribution >= 0.6 is 0 Å². The first kappa shape index (κ1) is 13.9. The molecule has 0 bridgehead atoms. The summed E-state index contributed by atoms with van der Waals surface area (Å²) in [4.78, 5) is 0. The van der Waals surface area contributed by atoms with Crippen molar-refractivity contribution < 1.29 is 4.74 Å². The van der Waals surface area contributed by atoms with E-state index < -0.39 is 0 Å². The standard InChI is InChI=1S/C12H27NO/c1-5-9-10-11(13-7-3)12(6-2)14-8-4/h11-13H,5-10H2,1-4H3. The van der Waals surface area contributed by atoms with E-state index in [1.165, 1.54) is 19.3 Å². The molecule has 0 aromatic heterocycles. The molecule has 0 aliphatic heterocycles. The SMILES string of the molecule is CCCCC(NCC)C(CC)OCC. The minimum absolute atomic E-state index is 0.395. The number of likely N-dealkylation sites (N-methyl/N-ethyl adjacent to an activating group) is 1. The molecule has 2 atom stereocenters. The zero-order valence-electron chi connectivity index (χ0n) is 10.3. The molecule has 2 heteroatoms. The Bertz CT molecular complexity index is 117. The van der Waals surface area contributed by atoms with Gasteiger partial charge >= 0.3 is 0 Å². The molecular weight excluding hydrogens is 174 g/mol. The highest BCUT2D eigenvalue weighted by atomic mass is 16.5. The van der Waals surface area contributed by atoms with Gasteiger partial charge in [0, 0.05) is 12.6 Å². The fraction of sp³-hybridized carbons (Fsp3) is 1.00. The summed E-state index contributed by atoms with van der Waals surface area (Å²) in [6.45, 7) is 10.6. The Hall–Kier alpha value is -0.0800. The quantitative estimate of drug-likeness (QED) is 0.619. The Morgan fingerprint density at radius 1 is 1.14 bits per heavy atom. The lowest BCUT2D eigenvalue weighted by atomic mass is 10.0. The molecule has 0 fully saturated rings. The number of rotatable bonds is 9. The van der Waals surface area contributed by atoms with Crippen molar-refractivity contribution >= 4 is 0 Å². The highest BCUT2D eigenvalue weighted by Gasteiger charge is 2.18. The second-order valence-electron chi connectivity index (χ2n) is 3.71. The molecule has 86 valence electrons. The van der Waals surface area contributed by atoms with Crippen molar-refractivity contribution in [2.75, 3.05) is 13.2 Å². The molecule has 0 saturated heterocycles. The van der Waals surface area contributed by atoms with Crippen LogP contribution < -0.4 is 5.32 Å². The maximum Gasteiger partial charge on any atom is 0.0725 e. The molecule has 0 aromatic carbocycles. The van der Waals surface area contributed by atoms with Crippen LogP contribution in [-0.4, -0.2) is 25.3 Å². The minimum Gasteiger partial charge on any atom is -0.377 e. The predicted molar refractivity (Wildman–Crippen MR) is 62.7 cm³/mol. The normalized spacial score (nSPS) is 15.4. The summed E-state index contributed by atoms with van der Waals surface area (Å²) in [5.74, 6) is 0. The summed E-state index contributed by atoms with van der Waals surface area (Å²) in [7, 11) is 0. The van der Waals surface area contributed by atoms with E-state index in [0.717, 1.165) is 19.6 Å². The van der Waals surface area contributed by atoms with Crippen LogP contribution in [0.25, 0.3) is 0 Å². The van der Waals surface area contributed by atoms with E-state index in [0.29, 0.717) is 12.1 Å². The van der Waals surface area contributed by atoms with Crippen LogP contribution in [0.3, 0.4) is 0 Å². The Morgan fingerprint density at radius 2 is 1.86 bits per heavy atom. The van der Waals surface area contributed by atoms with Gasteiger partial charge in [-0.15, -0.1) is 0 Å². The molecule has 0 aliphatic carbocycles. The van der Waals surface area contributed by atoms with Gasteiger partial charge < -0.3 is 10.1 Å². The number of unbranched alkanes of at least 4 members (excludes halogenated alkanes) is 1. The van der Waals surface area contributed by atoms with Gasteiger partial charge in [0.05, 0.1) is 6.10 Å². The van der Waals surface area contributed by atoms with E-state index in [9.17, 15) is 0 Å². The molecule has 1 N–H and O–H groups in total. The predicted octanol–water partition coefficient (Wildman–Crippen LogP) is 2.97. The number of hydrogen-bond donors (Lipinski definition) is 1. The zero-order chi connectivity index (χ0) is 10.8. The molecule has 2 nitrogen and oxygen atoms in total. The van der Waals surface area contributed by atoms with Crippen LogP contribution in [0.2, 0.25) is 0 Å². The van der Waals surface area contributed by atoms with Crippen molar-refractivity contribution in [3.05, 3.63) is 0 Å².